The van der Waals surface area contributed by atoms with Crippen molar-refractivity contribution in [2.45, 2.75) is 12.5 Å². The zero-order chi connectivity index (χ0) is 18.8. The molecule has 4 nitrogen and oxygen atoms in total. The quantitative estimate of drug-likeness (QED) is 0.636. The van der Waals surface area contributed by atoms with E-state index < -0.39 is 0 Å². The van der Waals surface area contributed by atoms with Gasteiger partial charge in [0, 0.05) is 16.5 Å². The molecule has 0 saturated carbocycles. The van der Waals surface area contributed by atoms with Crippen LogP contribution < -0.4 is 0 Å². The number of hydrogen-bond donors (Lipinski definition) is 1. The lowest BCUT2D eigenvalue weighted by molar-refractivity contribution is 0.0708. The summed E-state index contributed by atoms with van der Waals surface area (Å²) in [6.07, 6.45) is 0.539. The Labute approximate surface area is 165 Å². The first kappa shape index (κ1) is 17.5. The molecule has 0 saturated heterocycles. The highest BCUT2D eigenvalue weighted by atomic mass is 79.9. The molecular formula is C22H17BrN2O2. The Morgan fingerprint density at radius 2 is 1.63 bits per heavy atom. The number of para-hydroxylation sites is 1. The molecule has 0 aromatic heterocycles. The molecule has 3 aromatic rings. The van der Waals surface area contributed by atoms with E-state index in [4.69, 9.17) is 0 Å². The van der Waals surface area contributed by atoms with Crippen molar-refractivity contribution in [1.29, 1.82) is 0 Å². The number of phenolic OH excluding ortho intramolecular Hbond substituents is 1. The lowest BCUT2D eigenvalue weighted by atomic mass is 9.97. The first-order valence-electron chi connectivity index (χ1n) is 8.64. The molecule has 27 heavy (non-hydrogen) atoms. The SMILES string of the molecule is O=C(c1ccccc1Br)N1N=C(c2ccccc2)CC1c1ccccc1O. The molecule has 1 unspecified atom stereocenters. The van der Waals surface area contributed by atoms with Crippen LogP contribution >= 0.6 is 15.9 Å². The van der Waals surface area contributed by atoms with Crippen LogP contribution in [0.5, 0.6) is 5.75 Å². The van der Waals surface area contributed by atoms with Crippen LogP contribution in [0.1, 0.15) is 33.9 Å². The summed E-state index contributed by atoms with van der Waals surface area (Å²) in [6.45, 7) is 0. The van der Waals surface area contributed by atoms with Gasteiger partial charge >= 0.3 is 0 Å². The summed E-state index contributed by atoms with van der Waals surface area (Å²) in [5, 5.41) is 16.5. The van der Waals surface area contributed by atoms with Gasteiger partial charge in [0.2, 0.25) is 0 Å². The summed E-state index contributed by atoms with van der Waals surface area (Å²) >= 11 is 3.45. The van der Waals surface area contributed by atoms with E-state index in [0.717, 1.165) is 15.7 Å². The maximum absolute atomic E-state index is 13.2. The second-order valence-corrected chi connectivity index (χ2v) is 7.18. The minimum atomic E-state index is -0.360. The highest BCUT2D eigenvalue weighted by molar-refractivity contribution is 9.10. The third-order valence-corrected chi connectivity index (χ3v) is 5.32. The molecule has 0 aliphatic carbocycles. The molecule has 0 bridgehead atoms. The molecule has 3 aromatic carbocycles. The van der Waals surface area contributed by atoms with Gasteiger partial charge in [-0.3, -0.25) is 4.79 Å². The maximum Gasteiger partial charge on any atom is 0.275 e. The molecule has 1 heterocycles. The van der Waals surface area contributed by atoms with Crippen molar-refractivity contribution in [2.75, 3.05) is 0 Å². The van der Waals surface area contributed by atoms with Gasteiger partial charge in [0.25, 0.3) is 5.91 Å². The number of phenols is 1. The Bertz CT molecular complexity index is 1020. The smallest absolute Gasteiger partial charge is 0.275 e. The van der Waals surface area contributed by atoms with E-state index in [1.54, 1.807) is 18.2 Å². The molecule has 5 heteroatoms. The molecule has 1 amide bonds. The van der Waals surface area contributed by atoms with Crippen molar-refractivity contribution >= 4 is 27.5 Å². The third kappa shape index (κ3) is 3.38. The summed E-state index contributed by atoms with van der Waals surface area (Å²) in [7, 11) is 0. The highest BCUT2D eigenvalue weighted by Crippen LogP contribution is 2.38. The Hall–Kier alpha value is -2.92. The van der Waals surface area contributed by atoms with E-state index in [1.807, 2.05) is 60.7 Å². The van der Waals surface area contributed by atoms with Crippen LogP contribution in [-0.4, -0.2) is 21.7 Å². The van der Waals surface area contributed by atoms with Gasteiger partial charge in [-0.1, -0.05) is 60.7 Å². The predicted octanol–water partition coefficient (Wildman–Crippen LogP) is 5.15. The minimum absolute atomic E-state index is 0.164. The Morgan fingerprint density at radius 3 is 2.37 bits per heavy atom. The average Bonchev–Trinajstić information content (AvgIpc) is 3.14. The molecule has 1 aliphatic rings. The highest BCUT2D eigenvalue weighted by Gasteiger charge is 2.35. The molecular weight excluding hydrogens is 404 g/mol. The second-order valence-electron chi connectivity index (χ2n) is 6.32. The fraction of sp³-hybridized carbons (Fsp3) is 0.0909. The van der Waals surface area contributed by atoms with Crippen molar-refractivity contribution in [3.63, 3.8) is 0 Å². The van der Waals surface area contributed by atoms with Crippen molar-refractivity contribution in [2.24, 2.45) is 5.10 Å². The summed E-state index contributed by atoms with van der Waals surface area (Å²) < 4.78 is 0.717. The molecule has 1 atom stereocenters. The van der Waals surface area contributed by atoms with Gasteiger partial charge in [0.15, 0.2) is 0 Å². The van der Waals surface area contributed by atoms with Crippen molar-refractivity contribution < 1.29 is 9.90 Å². The molecule has 134 valence electrons. The first-order valence-corrected chi connectivity index (χ1v) is 9.43. The van der Waals surface area contributed by atoms with E-state index in [2.05, 4.69) is 21.0 Å². The van der Waals surface area contributed by atoms with Crippen molar-refractivity contribution in [3.8, 4) is 5.75 Å². The van der Waals surface area contributed by atoms with Crippen LogP contribution in [-0.2, 0) is 0 Å². The summed E-state index contributed by atoms with van der Waals surface area (Å²) in [5.41, 5.74) is 3.02. The molecule has 0 radical (unpaired) electrons. The Balaban J connectivity index is 1.78. The van der Waals surface area contributed by atoms with Crippen LogP contribution in [0.25, 0.3) is 0 Å². The number of nitrogens with zero attached hydrogens (tertiary/aromatic N) is 2. The van der Waals surface area contributed by atoms with Crippen LogP contribution in [0.2, 0.25) is 0 Å². The van der Waals surface area contributed by atoms with Gasteiger partial charge < -0.3 is 5.11 Å². The van der Waals surface area contributed by atoms with E-state index in [1.165, 1.54) is 5.01 Å². The number of amides is 1. The van der Waals surface area contributed by atoms with Gasteiger partial charge in [0.05, 0.1) is 17.3 Å². The fourth-order valence-corrected chi connectivity index (χ4v) is 3.73. The zero-order valence-corrected chi connectivity index (χ0v) is 16.0. The van der Waals surface area contributed by atoms with E-state index in [9.17, 15) is 9.90 Å². The molecule has 1 aliphatic heterocycles. The lowest BCUT2D eigenvalue weighted by Gasteiger charge is -2.23. The van der Waals surface area contributed by atoms with Gasteiger partial charge in [0.1, 0.15) is 5.75 Å². The third-order valence-electron chi connectivity index (χ3n) is 4.63. The number of rotatable bonds is 3. The summed E-state index contributed by atoms with van der Waals surface area (Å²) in [6, 6.07) is 23.8. The normalized spacial score (nSPS) is 16.3. The largest absolute Gasteiger partial charge is 0.508 e. The van der Waals surface area contributed by atoms with Gasteiger partial charge in [-0.25, -0.2) is 5.01 Å². The topological polar surface area (TPSA) is 52.9 Å². The van der Waals surface area contributed by atoms with Crippen molar-refractivity contribution in [3.05, 3.63) is 100 Å². The average molecular weight is 421 g/mol. The minimum Gasteiger partial charge on any atom is -0.508 e. The number of carbonyl (C=O) groups excluding carboxylic acids is 1. The van der Waals surface area contributed by atoms with Crippen LogP contribution in [0.3, 0.4) is 0 Å². The molecule has 4 rings (SSSR count). The van der Waals surface area contributed by atoms with Gasteiger partial charge in [-0.05, 0) is 39.7 Å². The zero-order valence-electron chi connectivity index (χ0n) is 14.4. The molecule has 0 spiro atoms. The second kappa shape index (κ2) is 7.37. The maximum atomic E-state index is 13.2. The Kier molecular flexibility index (Phi) is 4.77. The summed E-state index contributed by atoms with van der Waals surface area (Å²) in [4.78, 5) is 13.2. The number of carbonyl (C=O) groups is 1. The number of hydrogen-bond acceptors (Lipinski definition) is 3. The lowest BCUT2D eigenvalue weighted by Crippen LogP contribution is -2.27. The first-order chi connectivity index (χ1) is 13.1. The standard InChI is InChI=1S/C22H17BrN2O2/c23-18-12-6-4-10-16(18)22(27)25-20(17-11-5-7-13-21(17)26)14-19(24-25)15-8-2-1-3-9-15/h1-13,20,26H,14H2. The monoisotopic (exact) mass is 420 g/mol. The van der Waals surface area contributed by atoms with Crippen LogP contribution in [0.15, 0.2) is 88.4 Å². The van der Waals surface area contributed by atoms with Gasteiger partial charge in [-0.2, -0.15) is 5.10 Å². The Morgan fingerprint density at radius 1 is 0.963 bits per heavy atom. The van der Waals surface area contributed by atoms with E-state index >= 15 is 0 Å². The number of hydrazone groups is 1. The van der Waals surface area contributed by atoms with E-state index in [-0.39, 0.29) is 17.7 Å². The van der Waals surface area contributed by atoms with Crippen molar-refractivity contribution in [1.82, 2.24) is 5.01 Å². The van der Waals surface area contributed by atoms with Crippen LogP contribution in [0.4, 0.5) is 0 Å². The van der Waals surface area contributed by atoms with Gasteiger partial charge in [-0.15, -0.1) is 0 Å². The molecule has 0 fully saturated rings. The van der Waals surface area contributed by atoms with Crippen LogP contribution in [0, 0.1) is 0 Å². The van der Waals surface area contributed by atoms with E-state index in [0.29, 0.717) is 17.5 Å². The number of halogens is 1. The number of aromatic hydroxyl groups is 1. The fourth-order valence-electron chi connectivity index (χ4n) is 3.27. The predicted molar refractivity (Wildman–Crippen MR) is 109 cm³/mol. The summed E-state index contributed by atoms with van der Waals surface area (Å²) in [5.74, 6) is -0.0430. The number of benzene rings is 3. The molecule has 1 N–H and O–H groups in total.